The van der Waals surface area contributed by atoms with Gasteiger partial charge in [0.15, 0.2) is 11.7 Å². The first-order valence-electron chi connectivity index (χ1n) is 9.04. The molecule has 0 radical (unpaired) electrons. The maximum atomic E-state index is 11.9. The van der Waals surface area contributed by atoms with E-state index in [1.54, 1.807) is 6.07 Å². The predicted molar refractivity (Wildman–Crippen MR) is 120 cm³/mol. The minimum absolute atomic E-state index is 0. The number of aliphatic imine (C=N–C) groups is 1. The van der Waals surface area contributed by atoms with Crippen molar-refractivity contribution in [2.24, 2.45) is 4.99 Å². The Morgan fingerprint density at radius 2 is 2.19 bits per heavy atom. The molecular weight excluding hydrogens is 463 g/mol. The molecule has 0 saturated heterocycles. The van der Waals surface area contributed by atoms with Gasteiger partial charge in [0.05, 0.1) is 6.26 Å². The minimum Gasteiger partial charge on any atom is -0.459 e. The van der Waals surface area contributed by atoms with E-state index >= 15 is 0 Å². The summed E-state index contributed by atoms with van der Waals surface area (Å²) in [6.45, 7) is 6.04. The third-order valence-electron chi connectivity index (χ3n) is 4.36. The molecule has 1 aliphatic carbocycles. The molecule has 1 aliphatic rings. The highest BCUT2D eigenvalue weighted by Gasteiger charge is 2.24. The van der Waals surface area contributed by atoms with Gasteiger partial charge in [-0.25, -0.2) is 0 Å². The number of thioether (sulfide) groups is 1. The standard InChI is InChI=1S/C18H30N4O2S.HI/c1-4-19-18(22-14-6-7-15(12-14)25-3)21-10-5-9-20-17(23)16-13(2)8-11-24-16;/h8,11,14-15H,4-7,9-10,12H2,1-3H3,(H,20,23)(H2,19,21,22);1H. The molecule has 1 saturated carbocycles. The highest BCUT2D eigenvalue weighted by atomic mass is 127. The Hall–Kier alpha value is -0.900. The van der Waals surface area contributed by atoms with Crippen molar-refractivity contribution in [3.8, 4) is 0 Å². The number of furan rings is 1. The van der Waals surface area contributed by atoms with Crippen LogP contribution in [0.5, 0.6) is 0 Å². The number of nitrogens with zero attached hydrogens (tertiary/aromatic N) is 1. The molecule has 1 aromatic heterocycles. The number of nitrogens with one attached hydrogen (secondary N) is 3. The highest BCUT2D eigenvalue weighted by molar-refractivity contribution is 14.0. The molecule has 148 valence electrons. The van der Waals surface area contributed by atoms with E-state index < -0.39 is 0 Å². The third-order valence-corrected chi connectivity index (χ3v) is 5.46. The first kappa shape index (κ1) is 23.1. The molecule has 6 nitrogen and oxygen atoms in total. The number of amides is 1. The molecule has 2 rings (SSSR count). The van der Waals surface area contributed by atoms with Crippen LogP contribution in [0, 0.1) is 6.92 Å². The summed E-state index contributed by atoms with van der Waals surface area (Å²) in [5.74, 6) is 1.11. The Labute approximate surface area is 177 Å². The van der Waals surface area contributed by atoms with Crippen LogP contribution < -0.4 is 16.0 Å². The summed E-state index contributed by atoms with van der Waals surface area (Å²) in [7, 11) is 0. The topological polar surface area (TPSA) is 78.7 Å². The molecule has 26 heavy (non-hydrogen) atoms. The van der Waals surface area contributed by atoms with E-state index in [0.29, 0.717) is 24.9 Å². The summed E-state index contributed by atoms with van der Waals surface area (Å²) in [5.41, 5.74) is 0.856. The summed E-state index contributed by atoms with van der Waals surface area (Å²) in [6.07, 6.45) is 8.19. The quantitative estimate of drug-likeness (QED) is 0.224. The van der Waals surface area contributed by atoms with Gasteiger partial charge in [-0.05, 0) is 51.9 Å². The molecule has 1 aromatic rings. The molecule has 1 amide bonds. The molecular formula is C18H31IN4O2S. The third kappa shape index (κ3) is 7.38. The fraction of sp³-hybridized carbons (Fsp3) is 0.667. The van der Waals surface area contributed by atoms with Gasteiger partial charge >= 0.3 is 0 Å². The molecule has 0 aliphatic heterocycles. The van der Waals surface area contributed by atoms with Crippen molar-refractivity contribution >= 4 is 47.6 Å². The van der Waals surface area contributed by atoms with E-state index in [4.69, 9.17) is 4.42 Å². The van der Waals surface area contributed by atoms with Crippen molar-refractivity contribution in [1.29, 1.82) is 0 Å². The van der Waals surface area contributed by atoms with Gasteiger partial charge in [0.2, 0.25) is 0 Å². The van der Waals surface area contributed by atoms with E-state index in [9.17, 15) is 4.79 Å². The summed E-state index contributed by atoms with van der Waals surface area (Å²) in [5, 5.41) is 10.5. The maximum absolute atomic E-state index is 11.9. The summed E-state index contributed by atoms with van der Waals surface area (Å²) < 4.78 is 5.18. The largest absolute Gasteiger partial charge is 0.459 e. The van der Waals surface area contributed by atoms with E-state index in [0.717, 1.165) is 29.7 Å². The van der Waals surface area contributed by atoms with Gasteiger partial charge in [-0.3, -0.25) is 9.79 Å². The van der Waals surface area contributed by atoms with Crippen LogP contribution in [-0.2, 0) is 0 Å². The van der Waals surface area contributed by atoms with E-state index in [1.807, 2.05) is 18.7 Å². The lowest BCUT2D eigenvalue weighted by molar-refractivity contribution is 0.0925. The lowest BCUT2D eigenvalue weighted by Gasteiger charge is -2.17. The second kappa shape index (κ2) is 12.5. The van der Waals surface area contributed by atoms with Crippen molar-refractivity contribution < 1.29 is 9.21 Å². The summed E-state index contributed by atoms with van der Waals surface area (Å²) >= 11 is 1.96. The van der Waals surface area contributed by atoms with Crippen LogP contribution in [0.2, 0.25) is 0 Å². The Morgan fingerprint density at radius 3 is 2.81 bits per heavy atom. The smallest absolute Gasteiger partial charge is 0.287 e. The average molecular weight is 494 g/mol. The molecule has 1 fully saturated rings. The van der Waals surface area contributed by atoms with Gasteiger partial charge in [-0.1, -0.05) is 0 Å². The summed E-state index contributed by atoms with van der Waals surface area (Å²) in [4.78, 5) is 16.6. The number of aryl methyl sites for hydroxylation is 1. The van der Waals surface area contributed by atoms with Gasteiger partial charge in [0.1, 0.15) is 0 Å². The zero-order valence-electron chi connectivity index (χ0n) is 15.8. The Bertz CT molecular complexity index is 579. The molecule has 3 N–H and O–H groups in total. The molecule has 0 aromatic carbocycles. The van der Waals surface area contributed by atoms with Crippen molar-refractivity contribution in [3.05, 3.63) is 23.7 Å². The molecule has 0 bridgehead atoms. The predicted octanol–water partition coefficient (Wildman–Crippen LogP) is 3.17. The van der Waals surface area contributed by atoms with Crippen LogP contribution in [0.3, 0.4) is 0 Å². The fourth-order valence-corrected chi connectivity index (χ4v) is 3.75. The Balaban J connectivity index is 0.00000338. The summed E-state index contributed by atoms with van der Waals surface area (Å²) in [6, 6.07) is 2.30. The number of hydrogen-bond acceptors (Lipinski definition) is 4. The number of guanidine groups is 1. The highest BCUT2D eigenvalue weighted by Crippen LogP contribution is 2.27. The maximum Gasteiger partial charge on any atom is 0.287 e. The van der Waals surface area contributed by atoms with Gasteiger partial charge in [-0.15, -0.1) is 24.0 Å². The molecule has 2 atom stereocenters. The van der Waals surface area contributed by atoms with E-state index in [1.165, 1.54) is 25.5 Å². The first-order valence-corrected chi connectivity index (χ1v) is 10.3. The van der Waals surface area contributed by atoms with E-state index in [-0.39, 0.29) is 29.9 Å². The monoisotopic (exact) mass is 494 g/mol. The van der Waals surface area contributed by atoms with Crippen LogP contribution in [-0.4, -0.2) is 49.0 Å². The van der Waals surface area contributed by atoms with Crippen LogP contribution in [0.4, 0.5) is 0 Å². The Morgan fingerprint density at radius 1 is 1.38 bits per heavy atom. The normalized spacial score (nSPS) is 19.7. The van der Waals surface area contributed by atoms with Crippen LogP contribution in [0.1, 0.15) is 48.7 Å². The number of hydrogen-bond donors (Lipinski definition) is 3. The minimum atomic E-state index is -0.162. The van der Waals surface area contributed by atoms with Crippen LogP contribution in [0.25, 0.3) is 0 Å². The lowest BCUT2D eigenvalue weighted by Crippen LogP contribution is -2.42. The molecule has 0 spiro atoms. The lowest BCUT2D eigenvalue weighted by atomic mass is 10.2. The van der Waals surface area contributed by atoms with Crippen LogP contribution in [0.15, 0.2) is 21.7 Å². The number of halogens is 1. The SMILES string of the molecule is CCNC(=NCCCNC(=O)c1occc1C)NC1CCC(SC)C1.I. The van der Waals surface area contributed by atoms with Gasteiger partial charge in [-0.2, -0.15) is 11.8 Å². The van der Waals surface area contributed by atoms with Gasteiger partial charge in [0.25, 0.3) is 5.91 Å². The first-order chi connectivity index (χ1) is 12.1. The van der Waals surface area contributed by atoms with Crippen molar-refractivity contribution in [2.45, 2.75) is 50.8 Å². The Kier molecular flexibility index (Phi) is 11.1. The zero-order chi connectivity index (χ0) is 18.1. The average Bonchev–Trinajstić information content (AvgIpc) is 3.23. The van der Waals surface area contributed by atoms with Crippen LogP contribution >= 0.6 is 35.7 Å². The second-order valence-electron chi connectivity index (χ2n) is 6.31. The zero-order valence-corrected chi connectivity index (χ0v) is 19.0. The molecule has 1 heterocycles. The van der Waals surface area contributed by atoms with Crippen molar-refractivity contribution in [2.75, 3.05) is 25.9 Å². The number of carbonyl (C=O) groups excluding carboxylic acids is 1. The number of carbonyl (C=O) groups is 1. The van der Waals surface area contributed by atoms with Crippen molar-refractivity contribution in [3.63, 3.8) is 0 Å². The van der Waals surface area contributed by atoms with Crippen molar-refractivity contribution in [1.82, 2.24) is 16.0 Å². The fourth-order valence-electron chi connectivity index (χ4n) is 2.96. The van der Waals surface area contributed by atoms with Gasteiger partial charge < -0.3 is 20.4 Å². The molecule has 2 unspecified atom stereocenters. The van der Waals surface area contributed by atoms with Gasteiger partial charge in [0, 0.05) is 36.5 Å². The number of rotatable bonds is 8. The van der Waals surface area contributed by atoms with E-state index in [2.05, 4.69) is 34.1 Å². The second-order valence-corrected chi connectivity index (χ2v) is 7.45. The molecule has 8 heteroatoms.